The topological polar surface area (TPSA) is 70.7 Å². The molecule has 0 saturated carbocycles. The van der Waals surface area contributed by atoms with Gasteiger partial charge in [-0.3, -0.25) is 9.89 Å². The van der Waals surface area contributed by atoms with E-state index in [-0.39, 0.29) is 5.91 Å². The molecule has 2 aromatic rings. The van der Waals surface area contributed by atoms with Crippen LogP contribution in [-0.4, -0.2) is 27.6 Å². The molecule has 2 aromatic heterocycles. The standard InChI is InChI=1S/C11H14N4OS/c1-7-10(5-13-15-7)11(16)12-4-3-9-6-17-8(2)14-9/h5-6H,3-4H2,1-2H3,(H,12,16)(H,13,15). The van der Waals surface area contributed by atoms with Crippen molar-refractivity contribution in [2.45, 2.75) is 20.3 Å². The molecule has 0 aliphatic carbocycles. The average Bonchev–Trinajstić information content (AvgIpc) is 2.87. The molecule has 2 N–H and O–H groups in total. The first-order chi connectivity index (χ1) is 8.16. The predicted octanol–water partition coefficient (Wildman–Crippen LogP) is 1.46. The smallest absolute Gasteiger partial charge is 0.254 e. The fourth-order valence-corrected chi connectivity index (χ4v) is 2.15. The molecule has 0 aromatic carbocycles. The molecule has 1 amide bonds. The van der Waals surface area contributed by atoms with Crippen molar-refractivity contribution >= 4 is 17.2 Å². The second kappa shape index (κ2) is 5.09. The number of nitrogens with one attached hydrogen (secondary N) is 2. The van der Waals surface area contributed by atoms with E-state index in [9.17, 15) is 4.79 Å². The summed E-state index contributed by atoms with van der Waals surface area (Å²) < 4.78 is 0. The molecule has 0 spiro atoms. The summed E-state index contributed by atoms with van der Waals surface area (Å²) in [4.78, 5) is 16.1. The molecule has 0 aliphatic rings. The highest BCUT2D eigenvalue weighted by atomic mass is 32.1. The number of rotatable bonds is 4. The zero-order chi connectivity index (χ0) is 12.3. The van der Waals surface area contributed by atoms with Crippen molar-refractivity contribution in [2.75, 3.05) is 6.54 Å². The molecule has 90 valence electrons. The van der Waals surface area contributed by atoms with Crippen molar-refractivity contribution in [1.29, 1.82) is 0 Å². The van der Waals surface area contributed by atoms with Crippen molar-refractivity contribution in [3.05, 3.63) is 33.5 Å². The number of carbonyl (C=O) groups is 1. The van der Waals surface area contributed by atoms with Crippen LogP contribution >= 0.6 is 11.3 Å². The van der Waals surface area contributed by atoms with E-state index in [1.54, 1.807) is 11.3 Å². The molecule has 5 nitrogen and oxygen atoms in total. The van der Waals surface area contributed by atoms with Crippen molar-refractivity contribution in [3.8, 4) is 0 Å². The van der Waals surface area contributed by atoms with Gasteiger partial charge in [-0.15, -0.1) is 11.3 Å². The zero-order valence-corrected chi connectivity index (χ0v) is 10.6. The molecule has 2 rings (SSSR count). The highest BCUT2D eigenvalue weighted by Crippen LogP contribution is 2.08. The molecule has 0 radical (unpaired) electrons. The minimum Gasteiger partial charge on any atom is -0.352 e. The molecule has 6 heteroatoms. The number of nitrogens with zero attached hydrogens (tertiary/aromatic N) is 2. The summed E-state index contributed by atoms with van der Waals surface area (Å²) >= 11 is 1.62. The van der Waals surface area contributed by atoms with Crippen LogP contribution in [0.2, 0.25) is 0 Å². The Hall–Kier alpha value is -1.69. The van der Waals surface area contributed by atoms with E-state index < -0.39 is 0 Å². The SMILES string of the molecule is Cc1nc(CCNC(=O)c2cn[nH]c2C)cs1. The van der Waals surface area contributed by atoms with Crippen molar-refractivity contribution < 1.29 is 4.79 Å². The average molecular weight is 250 g/mol. The van der Waals surface area contributed by atoms with Gasteiger partial charge in [0.05, 0.1) is 22.5 Å². The lowest BCUT2D eigenvalue weighted by atomic mass is 10.2. The van der Waals surface area contributed by atoms with E-state index in [1.807, 2.05) is 19.2 Å². The van der Waals surface area contributed by atoms with Gasteiger partial charge in [0.25, 0.3) is 5.91 Å². The highest BCUT2D eigenvalue weighted by molar-refractivity contribution is 7.09. The maximum Gasteiger partial charge on any atom is 0.254 e. The van der Waals surface area contributed by atoms with Crippen LogP contribution in [0.15, 0.2) is 11.6 Å². The fraction of sp³-hybridized carbons (Fsp3) is 0.364. The van der Waals surface area contributed by atoms with E-state index >= 15 is 0 Å². The van der Waals surface area contributed by atoms with E-state index in [0.29, 0.717) is 12.1 Å². The van der Waals surface area contributed by atoms with Gasteiger partial charge in [0, 0.05) is 24.0 Å². The van der Waals surface area contributed by atoms with Crippen molar-refractivity contribution in [2.24, 2.45) is 0 Å². The van der Waals surface area contributed by atoms with Crippen LogP contribution in [0.4, 0.5) is 0 Å². The molecule has 2 heterocycles. The van der Waals surface area contributed by atoms with Gasteiger partial charge in [0.2, 0.25) is 0 Å². The summed E-state index contributed by atoms with van der Waals surface area (Å²) in [6, 6.07) is 0. The van der Waals surface area contributed by atoms with E-state index in [0.717, 1.165) is 22.8 Å². The van der Waals surface area contributed by atoms with Crippen LogP contribution in [0.1, 0.15) is 26.8 Å². The van der Waals surface area contributed by atoms with Crippen LogP contribution in [-0.2, 0) is 6.42 Å². The number of H-pyrrole nitrogens is 1. The maximum atomic E-state index is 11.7. The van der Waals surface area contributed by atoms with Crippen molar-refractivity contribution in [1.82, 2.24) is 20.5 Å². The zero-order valence-electron chi connectivity index (χ0n) is 9.78. The summed E-state index contributed by atoms with van der Waals surface area (Å²) in [6.45, 7) is 4.39. The van der Waals surface area contributed by atoms with Crippen molar-refractivity contribution in [3.63, 3.8) is 0 Å². The lowest BCUT2D eigenvalue weighted by molar-refractivity contribution is 0.0953. The Labute approximate surface area is 103 Å². The van der Waals surface area contributed by atoms with Gasteiger partial charge in [0.15, 0.2) is 0 Å². The van der Waals surface area contributed by atoms with E-state index in [2.05, 4.69) is 20.5 Å². The number of thiazole rings is 1. The summed E-state index contributed by atoms with van der Waals surface area (Å²) in [5.41, 5.74) is 2.41. The third-order valence-corrected chi connectivity index (χ3v) is 3.23. The predicted molar refractivity (Wildman–Crippen MR) is 66.2 cm³/mol. The van der Waals surface area contributed by atoms with Gasteiger partial charge in [-0.05, 0) is 13.8 Å². The van der Waals surface area contributed by atoms with Gasteiger partial charge in [-0.1, -0.05) is 0 Å². The first kappa shape index (κ1) is 11.8. The molecule has 17 heavy (non-hydrogen) atoms. The Kier molecular flexibility index (Phi) is 3.53. The van der Waals surface area contributed by atoms with E-state index in [4.69, 9.17) is 0 Å². The van der Waals surface area contributed by atoms with Crippen LogP contribution < -0.4 is 5.32 Å². The quantitative estimate of drug-likeness (QED) is 0.863. The largest absolute Gasteiger partial charge is 0.352 e. The lowest BCUT2D eigenvalue weighted by Crippen LogP contribution is -2.26. The van der Waals surface area contributed by atoms with E-state index in [1.165, 1.54) is 6.20 Å². The van der Waals surface area contributed by atoms with Crippen LogP contribution in [0.3, 0.4) is 0 Å². The second-order valence-corrected chi connectivity index (χ2v) is 4.83. The second-order valence-electron chi connectivity index (χ2n) is 3.77. The summed E-state index contributed by atoms with van der Waals surface area (Å²) in [6.07, 6.45) is 2.30. The summed E-state index contributed by atoms with van der Waals surface area (Å²) in [5.74, 6) is -0.0943. The minimum atomic E-state index is -0.0943. The Morgan fingerprint density at radius 1 is 1.53 bits per heavy atom. The highest BCUT2D eigenvalue weighted by Gasteiger charge is 2.09. The molecule has 0 saturated heterocycles. The molecule has 0 fully saturated rings. The normalized spacial score (nSPS) is 10.5. The monoisotopic (exact) mass is 250 g/mol. The Bertz CT molecular complexity index is 517. The Morgan fingerprint density at radius 3 is 2.94 bits per heavy atom. The lowest BCUT2D eigenvalue weighted by Gasteiger charge is -2.02. The number of aromatic nitrogens is 3. The third kappa shape index (κ3) is 2.91. The maximum absolute atomic E-state index is 11.7. The Balaban J connectivity index is 1.83. The van der Waals surface area contributed by atoms with Gasteiger partial charge < -0.3 is 5.32 Å². The van der Waals surface area contributed by atoms with Gasteiger partial charge >= 0.3 is 0 Å². The first-order valence-electron chi connectivity index (χ1n) is 5.36. The van der Waals surface area contributed by atoms with Crippen LogP contribution in [0.5, 0.6) is 0 Å². The summed E-state index contributed by atoms with van der Waals surface area (Å²) in [7, 11) is 0. The first-order valence-corrected chi connectivity index (χ1v) is 6.24. The van der Waals surface area contributed by atoms with Gasteiger partial charge in [-0.25, -0.2) is 4.98 Å². The molecular formula is C11H14N4OS. The molecule has 0 aliphatic heterocycles. The third-order valence-electron chi connectivity index (χ3n) is 2.41. The number of aryl methyl sites for hydroxylation is 2. The number of hydrogen-bond donors (Lipinski definition) is 2. The molecule has 0 unspecified atom stereocenters. The fourth-order valence-electron chi connectivity index (χ4n) is 1.50. The molecule has 0 atom stereocenters. The number of hydrogen-bond acceptors (Lipinski definition) is 4. The summed E-state index contributed by atoms with van der Waals surface area (Å²) in [5, 5.41) is 12.5. The van der Waals surface area contributed by atoms with Gasteiger partial charge in [0.1, 0.15) is 0 Å². The number of aromatic amines is 1. The minimum absolute atomic E-state index is 0.0943. The number of carbonyl (C=O) groups excluding carboxylic acids is 1. The Morgan fingerprint density at radius 2 is 2.35 bits per heavy atom. The van der Waals surface area contributed by atoms with Crippen LogP contribution in [0, 0.1) is 13.8 Å². The molecular weight excluding hydrogens is 236 g/mol. The number of amides is 1. The van der Waals surface area contributed by atoms with Gasteiger partial charge in [-0.2, -0.15) is 5.10 Å². The molecule has 0 bridgehead atoms. The van der Waals surface area contributed by atoms with Crippen LogP contribution in [0.25, 0.3) is 0 Å².